The number of halogens is 1. The third-order valence-electron chi connectivity index (χ3n) is 5.26. The largest absolute Gasteiger partial charge is 0.492 e. The molecule has 0 fully saturated rings. The Kier molecular flexibility index (Phi) is 11.9. The van der Waals surface area contributed by atoms with E-state index in [0.717, 1.165) is 31.2 Å². The van der Waals surface area contributed by atoms with Gasteiger partial charge in [-0.25, -0.2) is 14.0 Å². The van der Waals surface area contributed by atoms with Gasteiger partial charge in [0.2, 0.25) is 0 Å². The van der Waals surface area contributed by atoms with Gasteiger partial charge >= 0.3 is 12.0 Å². The van der Waals surface area contributed by atoms with Crippen LogP contribution in [0.2, 0.25) is 0 Å². The van der Waals surface area contributed by atoms with Gasteiger partial charge in [0.1, 0.15) is 18.2 Å². The van der Waals surface area contributed by atoms with Crippen molar-refractivity contribution >= 4 is 17.7 Å². The topological polar surface area (TPSA) is 88.1 Å². The fraction of sp³-hybridized carbons (Fsp3) is 0.462. The van der Waals surface area contributed by atoms with Crippen molar-refractivity contribution < 1.29 is 28.6 Å². The lowest BCUT2D eigenvalue weighted by atomic mass is 10.1. The Labute approximate surface area is 200 Å². The Bertz CT molecular complexity index is 891. The summed E-state index contributed by atoms with van der Waals surface area (Å²) < 4.78 is 24.5. The molecule has 0 aliphatic heterocycles. The molecule has 2 aromatic carbocycles. The monoisotopic (exact) mass is 474 g/mol. The molecule has 7 nitrogen and oxygen atoms in total. The molecular formula is C26H35FN2O5. The van der Waals surface area contributed by atoms with E-state index in [9.17, 15) is 19.1 Å². The smallest absolute Gasteiger partial charge is 0.333 e. The lowest BCUT2D eigenvalue weighted by Crippen LogP contribution is -2.38. The predicted octanol–water partition coefficient (Wildman–Crippen LogP) is 5.35. The highest BCUT2D eigenvalue weighted by Gasteiger charge is 2.18. The molecular weight excluding hydrogens is 439 g/mol. The Morgan fingerprint density at radius 3 is 2.47 bits per heavy atom. The summed E-state index contributed by atoms with van der Waals surface area (Å²) in [6.45, 7) is 5.47. The number of nitrogens with zero attached hydrogens (tertiary/aromatic N) is 1. The molecule has 1 atom stereocenters. The first-order chi connectivity index (χ1) is 16.4. The number of nitrogens with one attached hydrogen (secondary N) is 1. The molecule has 0 saturated heterocycles. The van der Waals surface area contributed by atoms with E-state index in [1.165, 1.54) is 12.1 Å². The second-order valence-corrected chi connectivity index (χ2v) is 7.97. The van der Waals surface area contributed by atoms with Crippen LogP contribution >= 0.6 is 0 Å². The van der Waals surface area contributed by atoms with Crippen molar-refractivity contribution in [3.63, 3.8) is 0 Å². The number of hydrogen-bond donors (Lipinski definition) is 2. The number of ether oxygens (including phenoxy) is 2. The number of unbranched alkanes of at least 4 members (excludes halogenated alkanes) is 3. The fourth-order valence-corrected chi connectivity index (χ4v) is 3.44. The number of amides is 2. The second-order valence-electron chi connectivity index (χ2n) is 7.97. The van der Waals surface area contributed by atoms with Crippen LogP contribution in [0.4, 0.5) is 14.9 Å². The molecule has 0 radical (unpaired) electrons. The average molecular weight is 475 g/mol. The van der Waals surface area contributed by atoms with Crippen molar-refractivity contribution in [2.45, 2.75) is 52.1 Å². The van der Waals surface area contributed by atoms with Crippen LogP contribution in [0.5, 0.6) is 5.75 Å². The van der Waals surface area contributed by atoms with Gasteiger partial charge in [-0.05, 0) is 49.2 Å². The maximum absolute atomic E-state index is 13.5. The zero-order valence-electron chi connectivity index (χ0n) is 20.0. The van der Waals surface area contributed by atoms with Crippen LogP contribution in [-0.2, 0) is 16.0 Å². The molecule has 2 N–H and O–H groups in total. The van der Waals surface area contributed by atoms with Crippen LogP contribution in [0, 0.1) is 5.82 Å². The summed E-state index contributed by atoms with van der Waals surface area (Å²) in [7, 11) is 0. The van der Waals surface area contributed by atoms with E-state index in [1.807, 2.05) is 12.1 Å². The van der Waals surface area contributed by atoms with Crippen molar-refractivity contribution in [1.29, 1.82) is 0 Å². The Morgan fingerprint density at radius 2 is 1.82 bits per heavy atom. The number of carbonyl (C=O) groups is 2. The molecule has 0 bridgehead atoms. The lowest BCUT2D eigenvalue weighted by molar-refractivity contribution is -0.149. The number of hydrogen-bond acceptors (Lipinski definition) is 4. The first-order valence-corrected chi connectivity index (χ1v) is 11.8. The van der Waals surface area contributed by atoms with Crippen LogP contribution in [-0.4, -0.2) is 54.4 Å². The predicted molar refractivity (Wildman–Crippen MR) is 130 cm³/mol. The van der Waals surface area contributed by atoms with E-state index in [0.29, 0.717) is 37.7 Å². The van der Waals surface area contributed by atoms with Crippen molar-refractivity contribution in [2.24, 2.45) is 0 Å². The molecule has 0 aliphatic carbocycles. The van der Waals surface area contributed by atoms with Gasteiger partial charge in [-0.2, -0.15) is 0 Å². The van der Waals surface area contributed by atoms with Gasteiger partial charge in [0.15, 0.2) is 6.10 Å². The summed E-state index contributed by atoms with van der Waals surface area (Å²) in [5.74, 6) is -0.767. The highest BCUT2D eigenvalue weighted by Crippen LogP contribution is 2.15. The number of benzene rings is 2. The fourth-order valence-electron chi connectivity index (χ4n) is 3.44. The Balaban J connectivity index is 1.90. The number of anilines is 1. The first-order valence-electron chi connectivity index (χ1n) is 11.8. The van der Waals surface area contributed by atoms with Crippen LogP contribution in [0.1, 0.15) is 45.1 Å². The average Bonchev–Trinajstić information content (AvgIpc) is 2.81. The van der Waals surface area contributed by atoms with E-state index in [2.05, 4.69) is 12.2 Å². The number of carboxylic acids is 1. The summed E-state index contributed by atoms with van der Waals surface area (Å²) in [6, 6.07) is 12.7. The Hall–Kier alpha value is -3.13. The van der Waals surface area contributed by atoms with Gasteiger partial charge in [-0.1, -0.05) is 44.4 Å². The van der Waals surface area contributed by atoms with Crippen molar-refractivity contribution in [3.05, 3.63) is 59.9 Å². The van der Waals surface area contributed by atoms with Gasteiger partial charge in [-0.3, -0.25) is 0 Å². The van der Waals surface area contributed by atoms with Gasteiger partial charge in [0.05, 0.1) is 6.54 Å². The maximum atomic E-state index is 13.5. The molecule has 186 valence electrons. The minimum atomic E-state index is -0.988. The molecule has 2 amide bonds. The SMILES string of the molecule is CCCCCCN(CCOc1ccc(CC(OCC)C(=O)O)cc1)C(=O)Nc1cccc(F)c1. The van der Waals surface area contributed by atoms with Crippen molar-refractivity contribution in [3.8, 4) is 5.75 Å². The quantitative estimate of drug-likeness (QED) is 0.340. The standard InChI is InChI=1S/C26H35FN2O5/c1-3-5-6-7-15-29(26(32)28-22-10-8-9-21(27)19-22)16-17-34-23-13-11-20(12-14-23)18-24(25(30)31)33-4-2/h8-14,19,24H,3-7,15-18H2,1-2H3,(H,28,32)(H,30,31). The summed E-state index contributed by atoms with van der Waals surface area (Å²) in [4.78, 5) is 25.7. The van der Waals surface area contributed by atoms with Gasteiger partial charge < -0.3 is 24.8 Å². The number of carboxylic acid groups (broad SMARTS) is 1. The lowest BCUT2D eigenvalue weighted by Gasteiger charge is -2.23. The van der Waals surface area contributed by atoms with Crippen molar-refractivity contribution in [2.75, 3.05) is 31.6 Å². The summed E-state index contributed by atoms with van der Waals surface area (Å²) in [5.41, 5.74) is 1.24. The van der Waals surface area contributed by atoms with E-state index in [4.69, 9.17) is 9.47 Å². The van der Waals surface area contributed by atoms with E-state index in [-0.39, 0.29) is 12.5 Å². The minimum absolute atomic E-state index is 0.273. The molecule has 0 aliphatic rings. The molecule has 34 heavy (non-hydrogen) atoms. The zero-order valence-corrected chi connectivity index (χ0v) is 20.0. The molecule has 0 aromatic heterocycles. The minimum Gasteiger partial charge on any atom is -0.492 e. The molecule has 2 rings (SSSR count). The van der Waals surface area contributed by atoms with Crippen molar-refractivity contribution in [1.82, 2.24) is 4.90 Å². The number of aliphatic carboxylic acids is 1. The zero-order chi connectivity index (χ0) is 24.8. The van der Waals surface area contributed by atoms with E-state index < -0.39 is 17.9 Å². The number of carbonyl (C=O) groups excluding carboxylic acids is 1. The van der Waals surface area contributed by atoms with E-state index in [1.54, 1.807) is 36.1 Å². The summed E-state index contributed by atoms with van der Waals surface area (Å²) >= 11 is 0. The molecule has 0 spiro atoms. The third kappa shape index (κ3) is 9.79. The third-order valence-corrected chi connectivity index (χ3v) is 5.26. The highest BCUT2D eigenvalue weighted by molar-refractivity contribution is 5.89. The molecule has 1 unspecified atom stereocenters. The first kappa shape index (κ1) is 27.1. The second kappa shape index (κ2) is 14.9. The maximum Gasteiger partial charge on any atom is 0.333 e. The molecule has 8 heteroatoms. The van der Waals surface area contributed by atoms with Gasteiger partial charge in [-0.15, -0.1) is 0 Å². The molecule has 0 saturated carbocycles. The van der Waals surface area contributed by atoms with E-state index >= 15 is 0 Å². The molecule has 2 aromatic rings. The highest BCUT2D eigenvalue weighted by atomic mass is 19.1. The van der Waals surface area contributed by atoms with Crippen LogP contribution in [0.3, 0.4) is 0 Å². The summed E-state index contributed by atoms with van der Waals surface area (Å²) in [5, 5.41) is 12.0. The van der Waals surface area contributed by atoms with Crippen LogP contribution in [0.25, 0.3) is 0 Å². The van der Waals surface area contributed by atoms with Crippen LogP contribution in [0.15, 0.2) is 48.5 Å². The van der Waals surface area contributed by atoms with Crippen LogP contribution < -0.4 is 10.1 Å². The normalized spacial score (nSPS) is 11.6. The van der Waals surface area contributed by atoms with Gasteiger partial charge in [0, 0.05) is 25.3 Å². The summed E-state index contributed by atoms with van der Waals surface area (Å²) in [6.07, 6.45) is 3.51. The number of rotatable bonds is 15. The molecule has 0 heterocycles. The number of urea groups is 1. The van der Waals surface area contributed by atoms with Gasteiger partial charge in [0.25, 0.3) is 0 Å². The Morgan fingerprint density at radius 1 is 1.06 bits per heavy atom.